The minimum Gasteiger partial charge on any atom is -0.305 e. The van der Waals surface area contributed by atoms with Crippen LogP contribution in [0.25, 0.3) is 0 Å². The normalized spacial score (nSPS) is 10.5. The predicted octanol–water partition coefficient (Wildman–Crippen LogP) is 4.15. The van der Waals surface area contributed by atoms with Crippen LogP contribution in [0.1, 0.15) is 21.5 Å². The number of hydrogen-bond acceptors (Lipinski definition) is 2. The van der Waals surface area contributed by atoms with Crippen LogP contribution in [0.5, 0.6) is 0 Å². The van der Waals surface area contributed by atoms with Gasteiger partial charge in [0.15, 0.2) is 5.82 Å². The minimum absolute atomic E-state index is 0.206. The van der Waals surface area contributed by atoms with E-state index >= 15 is 0 Å². The third-order valence-electron chi connectivity index (χ3n) is 3.45. The van der Waals surface area contributed by atoms with Gasteiger partial charge in [-0.3, -0.25) is 9.48 Å². The first-order valence-electron chi connectivity index (χ1n) is 7.26. The molecule has 2 aromatic carbocycles. The molecule has 0 aliphatic carbocycles. The Morgan fingerprint density at radius 1 is 1.09 bits per heavy atom. The van der Waals surface area contributed by atoms with E-state index in [9.17, 15) is 4.79 Å². The summed E-state index contributed by atoms with van der Waals surface area (Å²) in [6, 6.07) is 16.8. The van der Waals surface area contributed by atoms with Crippen LogP contribution in [0.3, 0.4) is 0 Å². The quantitative estimate of drug-likeness (QED) is 0.783. The number of benzene rings is 2. The van der Waals surface area contributed by atoms with Crippen LogP contribution in [0.2, 0.25) is 5.02 Å². The van der Waals surface area contributed by atoms with Gasteiger partial charge in [-0.25, -0.2) is 0 Å². The second kappa shape index (κ2) is 6.67. The summed E-state index contributed by atoms with van der Waals surface area (Å²) >= 11 is 5.82. The van der Waals surface area contributed by atoms with Gasteiger partial charge in [-0.15, -0.1) is 0 Å². The van der Waals surface area contributed by atoms with Gasteiger partial charge in [0.05, 0.1) is 6.54 Å². The van der Waals surface area contributed by atoms with Crippen molar-refractivity contribution in [2.45, 2.75) is 13.5 Å². The average molecular weight is 326 g/mol. The van der Waals surface area contributed by atoms with E-state index in [1.165, 1.54) is 5.56 Å². The zero-order chi connectivity index (χ0) is 16.2. The van der Waals surface area contributed by atoms with Crippen molar-refractivity contribution >= 4 is 23.3 Å². The SMILES string of the molecule is Cc1ccc(Cn2ccc(NC(=O)c3ccc(Cl)cc3)n2)cc1. The second-order valence-electron chi connectivity index (χ2n) is 5.35. The van der Waals surface area contributed by atoms with Gasteiger partial charge in [0, 0.05) is 22.8 Å². The monoisotopic (exact) mass is 325 g/mol. The fourth-order valence-electron chi connectivity index (χ4n) is 2.19. The van der Waals surface area contributed by atoms with Crippen LogP contribution < -0.4 is 5.32 Å². The van der Waals surface area contributed by atoms with Crippen molar-refractivity contribution in [3.05, 3.63) is 82.5 Å². The molecule has 0 saturated carbocycles. The highest BCUT2D eigenvalue weighted by Gasteiger charge is 2.08. The van der Waals surface area contributed by atoms with Gasteiger partial charge in [-0.2, -0.15) is 5.10 Å². The second-order valence-corrected chi connectivity index (χ2v) is 5.78. The van der Waals surface area contributed by atoms with Crippen LogP contribution in [0.15, 0.2) is 60.8 Å². The molecule has 1 amide bonds. The lowest BCUT2D eigenvalue weighted by atomic mass is 10.1. The number of aryl methyl sites for hydroxylation is 1. The average Bonchev–Trinajstić information content (AvgIpc) is 2.97. The summed E-state index contributed by atoms with van der Waals surface area (Å²) in [7, 11) is 0. The lowest BCUT2D eigenvalue weighted by molar-refractivity contribution is 0.102. The van der Waals surface area contributed by atoms with Gasteiger partial charge in [0.1, 0.15) is 0 Å². The number of nitrogens with one attached hydrogen (secondary N) is 1. The molecule has 4 nitrogen and oxygen atoms in total. The fourth-order valence-corrected chi connectivity index (χ4v) is 2.31. The Labute approximate surface area is 139 Å². The molecule has 0 aliphatic rings. The molecule has 0 unspecified atom stereocenters. The Morgan fingerprint density at radius 3 is 2.48 bits per heavy atom. The first-order chi connectivity index (χ1) is 11.1. The number of rotatable bonds is 4. The standard InChI is InChI=1S/C18H16ClN3O/c1-13-2-4-14(5-3-13)12-22-11-10-17(21-22)20-18(23)15-6-8-16(19)9-7-15/h2-11H,12H2,1H3,(H,20,21,23). The maximum absolute atomic E-state index is 12.1. The van der Waals surface area contributed by atoms with E-state index in [2.05, 4.69) is 41.6 Å². The number of halogens is 1. The van der Waals surface area contributed by atoms with Gasteiger partial charge >= 0.3 is 0 Å². The number of amides is 1. The molecule has 0 atom stereocenters. The van der Waals surface area contributed by atoms with Gasteiger partial charge in [-0.05, 0) is 36.8 Å². The van der Waals surface area contributed by atoms with Gasteiger partial charge < -0.3 is 5.32 Å². The Bertz CT molecular complexity index is 807. The van der Waals surface area contributed by atoms with Crippen molar-refractivity contribution in [1.82, 2.24) is 9.78 Å². The zero-order valence-electron chi connectivity index (χ0n) is 12.7. The first kappa shape index (κ1) is 15.3. The van der Waals surface area contributed by atoms with Gasteiger partial charge in [0.25, 0.3) is 5.91 Å². The smallest absolute Gasteiger partial charge is 0.256 e. The van der Waals surface area contributed by atoms with Crippen LogP contribution in [-0.4, -0.2) is 15.7 Å². The molecule has 1 heterocycles. The van der Waals surface area contributed by atoms with E-state index in [0.29, 0.717) is 22.9 Å². The summed E-state index contributed by atoms with van der Waals surface area (Å²) in [4.78, 5) is 12.1. The van der Waals surface area contributed by atoms with Crippen molar-refractivity contribution in [3.63, 3.8) is 0 Å². The number of aromatic nitrogens is 2. The molecule has 5 heteroatoms. The van der Waals surface area contributed by atoms with E-state index in [1.54, 1.807) is 35.0 Å². The highest BCUT2D eigenvalue weighted by atomic mass is 35.5. The van der Waals surface area contributed by atoms with Crippen molar-refractivity contribution < 1.29 is 4.79 Å². The summed E-state index contributed by atoms with van der Waals surface area (Å²) < 4.78 is 1.79. The number of nitrogens with zero attached hydrogens (tertiary/aromatic N) is 2. The van der Waals surface area contributed by atoms with Crippen LogP contribution >= 0.6 is 11.6 Å². The van der Waals surface area contributed by atoms with E-state index in [1.807, 2.05) is 6.20 Å². The van der Waals surface area contributed by atoms with Crippen LogP contribution in [0.4, 0.5) is 5.82 Å². The highest BCUT2D eigenvalue weighted by molar-refractivity contribution is 6.30. The van der Waals surface area contributed by atoms with E-state index in [0.717, 1.165) is 5.56 Å². The molecule has 3 rings (SSSR count). The third kappa shape index (κ3) is 3.99. The summed E-state index contributed by atoms with van der Waals surface area (Å²) in [6.07, 6.45) is 1.84. The molecule has 0 spiro atoms. The molecule has 3 aromatic rings. The molecular formula is C18H16ClN3O. The molecule has 0 radical (unpaired) electrons. The molecule has 0 saturated heterocycles. The Kier molecular flexibility index (Phi) is 4.44. The first-order valence-corrected chi connectivity index (χ1v) is 7.64. The predicted molar refractivity (Wildman–Crippen MR) is 91.9 cm³/mol. The summed E-state index contributed by atoms with van der Waals surface area (Å²) in [5.41, 5.74) is 2.93. The minimum atomic E-state index is -0.206. The molecule has 0 fully saturated rings. The fraction of sp³-hybridized carbons (Fsp3) is 0.111. The molecule has 116 valence electrons. The number of anilines is 1. The van der Waals surface area contributed by atoms with Crippen molar-refractivity contribution in [2.24, 2.45) is 0 Å². The summed E-state index contributed by atoms with van der Waals surface area (Å²) in [6.45, 7) is 2.72. The summed E-state index contributed by atoms with van der Waals surface area (Å²) in [5.74, 6) is 0.319. The zero-order valence-corrected chi connectivity index (χ0v) is 13.4. The van der Waals surface area contributed by atoms with E-state index in [4.69, 9.17) is 11.6 Å². The summed E-state index contributed by atoms with van der Waals surface area (Å²) in [5, 5.41) is 7.75. The number of hydrogen-bond donors (Lipinski definition) is 1. The van der Waals surface area contributed by atoms with E-state index < -0.39 is 0 Å². The Hall–Kier alpha value is -2.59. The van der Waals surface area contributed by atoms with E-state index in [-0.39, 0.29) is 5.91 Å². The van der Waals surface area contributed by atoms with Crippen molar-refractivity contribution in [2.75, 3.05) is 5.32 Å². The molecular weight excluding hydrogens is 310 g/mol. The van der Waals surface area contributed by atoms with Crippen molar-refractivity contribution in [1.29, 1.82) is 0 Å². The largest absolute Gasteiger partial charge is 0.305 e. The maximum atomic E-state index is 12.1. The number of carbonyl (C=O) groups is 1. The maximum Gasteiger partial charge on any atom is 0.256 e. The topological polar surface area (TPSA) is 46.9 Å². The lowest BCUT2D eigenvalue weighted by Gasteiger charge is -2.04. The van der Waals surface area contributed by atoms with Gasteiger partial charge in [0.2, 0.25) is 0 Å². The molecule has 0 aliphatic heterocycles. The number of carbonyl (C=O) groups excluding carboxylic acids is 1. The van der Waals surface area contributed by atoms with Crippen LogP contribution in [0, 0.1) is 6.92 Å². The van der Waals surface area contributed by atoms with Crippen LogP contribution in [-0.2, 0) is 6.54 Å². The van der Waals surface area contributed by atoms with Gasteiger partial charge in [-0.1, -0.05) is 41.4 Å². The molecule has 1 N–H and O–H groups in total. The third-order valence-corrected chi connectivity index (χ3v) is 3.71. The molecule has 0 bridgehead atoms. The van der Waals surface area contributed by atoms with Crippen molar-refractivity contribution in [3.8, 4) is 0 Å². The molecule has 1 aromatic heterocycles. The highest BCUT2D eigenvalue weighted by Crippen LogP contribution is 2.12. The lowest BCUT2D eigenvalue weighted by Crippen LogP contribution is -2.12. The molecule has 23 heavy (non-hydrogen) atoms. The Morgan fingerprint density at radius 2 is 1.78 bits per heavy atom. The Balaban J connectivity index is 1.66.